The lowest BCUT2D eigenvalue weighted by molar-refractivity contribution is 0.0602. The third kappa shape index (κ3) is 3.87. The maximum absolute atomic E-state index is 13.0. The predicted molar refractivity (Wildman–Crippen MR) is 109 cm³/mol. The third-order valence-corrected chi connectivity index (χ3v) is 7.47. The summed E-state index contributed by atoms with van der Waals surface area (Å²) in [4.78, 5) is 14.0. The zero-order valence-electron chi connectivity index (χ0n) is 16.3. The number of likely N-dealkylation sites (N-methyl/N-ethyl adjacent to an activating group) is 1. The number of nitrogens with one attached hydrogen (secondary N) is 1. The Morgan fingerprint density at radius 2 is 1.96 bits per heavy atom. The van der Waals surface area contributed by atoms with Gasteiger partial charge in [0.2, 0.25) is 0 Å². The maximum atomic E-state index is 13.0. The van der Waals surface area contributed by atoms with E-state index in [1.165, 1.54) is 13.2 Å². The minimum absolute atomic E-state index is 0.0602. The number of nitrogens with zero attached hydrogens (tertiary/aromatic N) is 1. The summed E-state index contributed by atoms with van der Waals surface area (Å²) in [5.41, 5.74) is 2.48. The van der Waals surface area contributed by atoms with Crippen molar-refractivity contribution in [2.24, 2.45) is 0 Å². The number of hydrogen-bond donors (Lipinski definition) is 1. The van der Waals surface area contributed by atoms with Gasteiger partial charge in [0.1, 0.15) is 15.5 Å². The summed E-state index contributed by atoms with van der Waals surface area (Å²) in [5, 5.41) is 1.56. The maximum Gasteiger partial charge on any atom is 0.349 e. The number of rotatable bonds is 6. The Bertz CT molecular complexity index is 982. The number of sulfonamides is 1. The van der Waals surface area contributed by atoms with E-state index in [4.69, 9.17) is 9.47 Å². The van der Waals surface area contributed by atoms with E-state index in [1.54, 1.807) is 24.6 Å². The lowest BCUT2D eigenvalue weighted by atomic mass is 9.86. The van der Waals surface area contributed by atoms with Gasteiger partial charge in [-0.25, -0.2) is 13.2 Å². The first kappa shape index (κ1) is 20.6. The minimum atomic E-state index is -3.93. The number of carbonyl (C=O) groups is 1. The molecule has 0 aliphatic heterocycles. The number of carbonyl (C=O) groups excluding carboxylic acids is 1. The lowest BCUT2D eigenvalue weighted by Crippen LogP contribution is -2.34. The molecule has 0 fully saturated rings. The molecule has 1 N–H and O–H groups in total. The normalized spacial score (nSPS) is 16.5. The largest absolute Gasteiger partial charge is 0.496 e. The number of esters is 1. The molecule has 0 saturated carbocycles. The molecule has 0 amide bonds. The Hall–Kier alpha value is -2.10. The van der Waals surface area contributed by atoms with Crippen molar-refractivity contribution in [1.82, 2.24) is 4.90 Å². The average Bonchev–Trinajstić information content (AvgIpc) is 3.18. The predicted octanol–water partition coefficient (Wildman–Crippen LogP) is 2.76. The smallest absolute Gasteiger partial charge is 0.349 e. The molecule has 1 aliphatic rings. The highest BCUT2D eigenvalue weighted by Gasteiger charge is 2.29. The Morgan fingerprint density at radius 1 is 1.21 bits per heavy atom. The van der Waals surface area contributed by atoms with Crippen LogP contribution in [0.5, 0.6) is 5.75 Å². The Morgan fingerprint density at radius 3 is 2.61 bits per heavy atom. The quantitative estimate of drug-likeness (QED) is 0.718. The second-order valence-corrected chi connectivity index (χ2v) is 9.41. The summed E-state index contributed by atoms with van der Waals surface area (Å²) in [6.07, 6.45) is 2.45. The van der Waals surface area contributed by atoms with Gasteiger partial charge in [-0.3, -0.25) is 4.72 Å². The van der Waals surface area contributed by atoms with Crippen LogP contribution in [0.2, 0.25) is 0 Å². The van der Waals surface area contributed by atoms with E-state index in [1.807, 2.05) is 14.1 Å². The molecule has 7 nitrogen and oxygen atoms in total. The van der Waals surface area contributed by atoms with Crippen molar-refractivity contribution in [3.8, 4) is 5.75 Å². The van der Waals surface area contributed by atoms with Crippen LogP contribution in [-0.2, 0) is 27.6 Å². The Balaban J connectivity index is 1.99. The topological polar surface area (TPSA) is 84.9 Å². The van der Waals surface area contributed by atoms with E-state index in [0.717, 1.165) is 47.5 Å². The molecule has 2 aromatic rings. The zero-order valence-corrected chi connectivity index (χ0v) is 17.9. The third-order valence-electron chi connectivity index (χ3n) is 5.04. The number of fused-ring (bicyclic) bond motifs is 1. The molecular formula is C19H24N2O5S2. The van der Waals surface area contributed by atoms with Crippen LogP contribution < -0.4 is 9.46 Å². The Labute approximate surface area is 169 Å². The molecule has 0 saturated heterocycles. The van der Waals surface area contributed by atoms with Crippen LogP contribution in [0.1, 0.15) is 27.2 Å². The molecule has 9 heteroatoms. The fourth-order valence-corrected chi connectivity index (χ4v) is 5.94. The van der Waals surface area contributed by atoms with Crippen molar-refractivity contribution in [2.75, 3.05) is 33.0 Å². The summed E-state index contributed by atoms with van der Waals surface area (Å²) in [5.74, 6) is 0.0937. The summed E-state index contributed by atoms with van der Waals surface area (Å²) >= 11 is 1.04. The van der Waals surface area contributed by atoms with Crippen molar-refractivity contribution in [3.63, 3.8) is 0 Å². The van der Waals surface area contributed by atoms with Crippen LogP contribution >= 0.6 is 11.3 Å². The van der Waals surface area contributed by atoms with Crippen molar-refractivity contribution in [3.05, 3.63) is 39.6 Å². The van der Waals surface area contributed by atoms with Crippen LogP contribution in [-0.4, -0.2) is 53.6 Å². The van der Waals surface area contributed by atoms with E-state index in [2.05, 4.69) is 9.62 Å². The molecule has 0 radical (unpaired) electrons. The summed E-state index contributed by atoms with van der Waals surface area (Å²) in [7, 11) is 3.00. The molecule has 28 heavy (non-hydrogen) atoms. The van der Waals surface area contributed by atoms with Gasteiger partial charge in [-0.05, 0) is 62.5 Å². The highest BCUT2D eigenvalue weighted by molar-refractivity contribution is 7.93. The summed E-state index contributed by atoms with van der Waals surface area (Å²) in [6.45, 7) is 0. The fourth-order valence-electron chi connectivity index (χ4n) is 3.51. The molecule has 0 spiro atoms. The molecule has 1 aromatic carbocycles. The molecular weight excluding hydrogens is 400 g/mol. The highest BCUT2D eigenvalue weighted by Crippen LogP contribution is 2.37. The minimum Gasteiger partial charge on any atom is -0.496 e. The molecule has 1 heterocycles. The van der Waals surface area contributed by atoms with Gasteiger partial charge in [0.25, 0.3) is 10.0 Å². The monoisotopic (exact) mass is 424 g/mol. The molecule has 1 atom stereocenters. The van der Waals surface area contributed by atoms with Gasteiger partial charge in [0, 0.05) is 11.6 Å². The molecule has 0 unspecified atom stereocenters. The standard InChI is InChI=1S/C19H24N2O5S2/c1-21(2)12-5-6-13-14(11-12)16(25-3)8-7-15(13)20-28(23,24)17-9-10-27-18(17)19(22)26-4/h7-10,12,20H,5-6,11H2,1-4H3/t12-/m0/s1. The van der Waals surface area contributed by atoms with Crippen molar-refractivity contribution in [1.29, 1.82) is 0 Å². The van der Waals surface area contributed by atoms with Gasteiger partial charge in [0.15, 0.2) is 0 Å². The average molecular weight is 425 g/mol. The van der Waals surface area contributed by atoms with Gasteiger partial charge < -0.3 is 14.4 Å². The van der Waals surface area contributed by atoms with Crippen LogP contribution in [0.25, 0.3) is 0 Å². The first-order chi connectivity index (χ1) is 13.3. The van der Waals surface area contributed by atoms with E-state index < -0.39 is 16.0 Å². The fraction of sp³-hybridized carbons (Fsp3) is 0.421. The molecule has 3 rings (SSSR count). The van der Waals surface area contributed by atoms with Gasteiger partial charge in [-0.2, -0.15) is 0 Å². The number of hydrogen-bond acceptors (Lipinski definition) is 7. The van der Waals surface area contributed by atoms with Crippen LogP contribution in [0, 0.1) is 0 Å². The molecule has 1 aliphatic carbocycles. The van der Waals surface area contributed by atoms with Crippen molar-refractivity contribution >= 4 is 33.0 Å². The lowest BCUT2D eigenvalue weighted by Gasteiger charge is -2.32. The summed E-state index contributed by atoms with van der Waals surface area (Å²) in [6, 6.07) is 5.28. The van der Waals surface area contributed by atoms with Crippen molar-refractivity contribution in [2.45, 2.75) is 30.2 Å². The Kier molecular flexibility index (Phi) is 5.97. The highest BCUT2D eigenvalue weighted by atomic mass is 32.2. The number of benzene rings is 1. The van der Waals surface area contributed by atoms with Gasteiger partial charge in [-0.15, -0.1) is 11.3 Å². The number of ether oxygens (including phenoxy) is 2. The number of methoxy groups -OCH3 is 2. The molecule has 0 bridgehead atoms. The van der Waals surface area contributed by atoms with Gasteiger partial charge in [-0.1, -0.05) is 0 Å². The SMILES string of the molecule is COC(=O)c1sccc1S(=O)(=O)Nc1ccc(OC)c2c1CC[C@H](N(C)C)C2. The van der Waals surface area contributed by atoms with Gasteiger partial charge >= 0.3 is 5.97 Å². The van der Waals surface area contributed by atoms with E-state index in [-0.39, 0.29) is 9.77 Å². The van der Waals surface area contributed by atoms with Crippen molar-refractivity contribution < 1.29 is 22.7 Å². The number of thiophene rings is 1. The van der Waals surface area contributed by atoms with Crippen LogP contribution in [0.15, 0.2) is 28.5 Å². The van der Waals surface area contributed by atoms with Gasteiger partial charge in [0.05, 0.1) is 19.9 Å². The molecule has 1 aromatic heterocycles. The first-order valence-electron chi connectivity index (χ1n) is 8.82. The summed E-state index contributed by atoms with van der Waals surface area (Å²) < 4.78 is 38.8. The van der Waals surface area contributed by atoms with Crippen LogP contribution in [0.3, 0.4) is 0 Å². The van der Waals surface area contributed by atoms with E-state index >= 15 is 0 Å². The van der Waals surface area contributed by atoms with E-state index in [9.17, 15) is 13.2 Å². The van der Waals surface area contributed by atoms with E-state index in [0.29, 0.717) is 11.7 Å². The zero-order chi connectivity index (χ0) is 20.5. The second kappa shape index (κ2) is 8.10. The van der Waals surface area contributed by atoms with Crippen LogP contribution in [0.4, 0.5) is 5.69 Å². The number of anilines is 1. The second-order valence-electron chi connectivity index (χ2n) is 6.84. The molecule has 152 valence electrons. The first-order valence-corrected chi connectivity index (χ1v) is 11.2.